The number of benzene rings is 2. The summed E-state index contributed by atoms with van der Waals surface area (Å²) in [5, 5.41) is 12.0. The first-order valence-corrected chi connectivity index (χ1v) is 19.3. The van der Waals surface area contributed by atoms with Crippen molar-refractivity contribution in [3.8, 4) is 11.8 Å². The van der Waals surface area contributed by atoms with Gasteiger partial charge in [0.2, 0.25) is 0 Å². The molecule has 0 spiro atoms. The van der Waals surface area contributed by atoms with E-state index < -0.39 is 28.7 Å². The predicted octanol–water partition coefficient (Wildman–Crippen LogP) is 6.36. The molecule has 3 aromatic rings. The van der Waals surface area contributed by atoms with Crippen LogP contribution in [0.3, 0.4) is 0 Å². The number of hydrogen-bond acceptors (Lipinski definition) is 9. The lowest BCUT2D eigenvalue weighted by Gasteiger charge is -2.39. The number of pyridine rings is 1. The van der Waals surface area contributed by atoms with Crippen molar-refractivity contribution in [1.82, 2.24) is 20.1 Å². The molecular formula is C41H44F3N9O3S. The number of anilines is 4. The Kier molecular flexibility index (Phi) is 11.3. The van der Waals surface area contributed by atoms with E-state index in [-0.39, 0.29) is 16.8 Å². The maximum absolute atomic E-state index is 13.7. The number of carbonyl (C=O) groups excluding carboxylic acids is 2. The van der Waals surface area contributed by atoms with E-state index in [0.717, 1.165) is 93.6 Å². The van der Waals surface area contributed by atoms with Gasteiger partial charge in [0, 0.05) is 69.9 Å². The molecule has 16 heteroatoms. The first-order valence-electron chi connectivity index (χ1n) is 18.9. The highest BCUT2D eigenvalue weighted by molar-refractivity contribution is 7.81. The molecule has 0 aliphatic carbocycles. The SMILES string of the molecule is C=C1C=CN(c2cncc(N3CCC(CN4CCN(CCOc5ccc(N6C(=S)N(c7ccc(C#N)c(C(F)(F)F)c7)C(=O)C6(C)C)cc5)CC4)CC3)c2)C(=O)N1. The van der Waals surface area contributed by atoms with Gasteiger partial charge in [-0.05, 0) is 99.4 Å². The number of carbonyl (C=O) groups is 2. The van der Waals surface area contributed by atoms with E-state index in [2.05, 4.69) is 31.6 Å². The van der Waals surface area contributed by atoms with Crippen molar-refractivity contribution in [1.29, 1.82) is 5.26 Å². The lowest BCUT2D eigenvalue weighted by molar-refractivity contribution is -0.137. The summed E-state index contributed by atoms with van der Waals surface area (Å²) in [7, 11) is 0. The van der Waals surface area contributed by atoms with Gasteiger partial charge in [0.05, 0.1) is 46.7 Å². The molecule has 12 nitrogen and oxygen atoms in total. The molecule has 3 fully saturated rings. The highest BCUT2D eigenvalue weighted by atomic mass is 32.1. The molecule has 57 heavy (non-hydrogen) atoms. The number of alkyl halides is 3. The normalized spacial score (nSPS) is 19.6. The van der Waals surface area contributed by atoms with Gasteiger partial charge in [-0.25, -0.2) is 4.79 Å². The van der Waals surface area contributed by atoms with Crippen LogP contribution in [0.25, 0.3) is 0 Å². The van der Waals surface area contributed by atoms with Gasteiger partial charge in [-0.1, -0.05) is 6.58 Å². The van der Waals surface area contributed by atoms with Crippen LogP contribution in [0, 0.1) is 17.2 Å². The fraction of sp³-hybridized carbons (Fsp3) is 0.390. The second kappa shape index (κ2) is 16.2. The van der Waals surface area contributed by atoms with Gasteiger partial charge in [0.15, 0.2) is 5.11 Å². The maximum atomic E-state index is 13.7. The molecule has 4 aliphatic rings. The summed E-state index contributed by atoms with van der Waals surface area (Å²) in [4.78, 5) is 41.9. The zero-order chi connectivity index (χ0) is 40.5. The molecular weight excluding hydrogens is 756 g/mol. The van der Waals surface area contributed by atoms with Crippen molar-refractivity contribution in [3.05, 3.63) is 96.6 Å². The molecule has 0 unspecified atom stereocenters. The molecule has 0 radical (unpaired) electrons. The van der Waals surface area contributed by atoms with Crippen LogP contribution in [0.4, 0.5) is 40.7 Å². The minimum atomic E-state index is -4.77. The summed E-state index contributed by atoms with van der Waals surface area (Å²) in [5.41, 5.74) is -0.000655. The van der Waals surface area contributed by atoms with Gasteiger partial charge in [-0.2, -0.15) is 18.4 Å². The number of nitrogens with one attached hydrogen (secondary N) is 1. The van der Waals surface area contributed by atoms with Crippen LogP contribution in [-0.2, 0) is 11.0 Å². The van der Waals surface area contributed by atoms with Crippen molar-refractivity contribution < 1.29 is 27.5 Å². The molecule has 5 heterocycles. The summed E-state index contributed by atoms with van der Waals surface area (Å²) in [5.74, 6) is 0.791. The van der Waals surface area contributed by atoms with Crippen LogP contribution in [0.1, 0.15) is 37.8 Å². The quantitative estimate of drug-likeness (QED) is 0.233. The number of rotatable bonds is 10. The summed E-state index contributed by atoms with van der Waals surface area (Å²) in [6.07, 6.45) is 4.43. The Hall–Kier alpha value is -5.50. The highest BCUT2D eigenvalue weighted by Gasteiger charge is 2.50. The van der Waals surface area contributed by atoms with Crippen molar-refractivity contribution >= 4 is 52.0 Å². The average molecular weight is 800 g/mol. The Morgan fingerprint density at radius 2 is 1.61 bits per heavy atom. The fourth-order valence-electron chi connectivity index (χ4n) is 7.77. The molecule has 1 aromatic heterocycles. The number of nitriles is 1. The number of thiocarbonyl (C=S) groups is 1. The molecule has 3 saturated heterocycles. The van der Waals surface area contributed by atoms with E-state index in [4.69, 9.17) is 17.0 Å². The van der Waals surface area contributed by atoms with Gasteiger partial charge < -0.3 is 24.8 Å². The largest absolute Gasteiger partial charge is 0.492 e. The second-order valence-electron chi connectivity index (χ2n) is 15.1. The molecule has 4 aliphatic heterocycles. The standard InChI is InChI=1S/C41H44F3N9O3S/c1-28-10-15-51(38(55)47-28)34-22-33(25-46-26-34)50-13-11-29(12-14-50)27-49-18-16-48(17-19-49)20-21-56-35-8-6-31(7-9-35)53-39(57)52(37(54)40(53,2)3)32-5-4-30(24-45)36(23-32)41(42,43)44/h4-10,15,22-23,25-26,29H,1,11-14,16-21,27H2,2-3H3,(H,47,55). The molecule has 3 amide bonds. The topological polar surface area (TPSA) is 112 Å². The number of allylic oxidation sites excluding steroid dienone is 1. The summed E-state index contributed by atoms with van der Waals surface area (Å²) in [6.45, 7) is 15.3. The van der Waals surface area contributed by atoms with E-state index in [9.17, 15) is 28.0 Å². The Bertz CT molecular complexity index is 2100. The number of nitrogens with zero attached hydrogens (tertiary/aromatic N) is 8. The number of aromatic nitrogens is 1. The van der Waals surface area contributed by atoms with Gasteiger partial charge in [0.25, 0.3) is 5.91 Å². The second-order valence-corrected chi connectivity index (χ2v) is 15.5. The van der Waals surface area contributed by atoms with Gasteiger partial charge in [-0.15, -0.1) is 0 Å². The van der Waals surface area contributed by atoms with Crippen LogP contribution in [0.5, 0.6) is 5.75 Å². The Morgan fingerprint density at radius 3 is 2.28 bits per heavy atom. The van der Waals surface area contributed by atoms with Crippen LogP contribution < -0.4 is 29.7 Å². The zero-order valence-electron chi connectivity index (χ0n) is 31.8. The molecule has 2 aromatic carbocycles. The van der Waals surface area contributed by atoms with Crippen molar-refractivity contribution in [2.75, 3.05) is 78.6 Å². The van der Waals surface area contributed by atoms with Gasteiger partial charge in [-0.3, -0.25) is 24.5 Å². The van der Waals surface area contributed by atoms with Gasteiger partial charge in [0.1, 0.15) is 17.9 Å². The van der Waals surface area contributed by atoms with Crippen LogP contribution >= 0.6 is 12.2 Å². The number of piperidine rings is 1. The van der Waals surface area contributed by atoms with Crippen molar-refractivity contribution in [3.63, 3.8) is 0 Å². The third kappa shape index (κ3) is 8.46. The monoisotopic (exact) mass is 799 g/mol. The lowest BCUT2D eigenvalue weighted by atomic mass is 9.95. The number of halogens is 3. The minimum Gasteiger partial charge on any atom is -0.492 e. The summed E-state index contributed by atoms with van der Waals surface area (Å²) in [6, 6.07) is 13.6. The Labute approximate surface area is 335 Å². The fourth-order valence-corrected chi connectivity index (χ4v) is 8.30. The minimum absolute atomic E-state index is 0.0379. The third-order valence-electron chi connectivity index (χ3n) is 11.0. The van der Waals surface area contributed by atoms with E-state index >= 15 is 0 Å². The Morgan fingerprint density at radius 1 is 0.947 bits per heavy atom. The average Bonchev–Trinajstić information content (AvgIpc) is 3.37. The first-order chi connectivity index (χ1) is 27.2. The third-order valence-corrected chi connectivity index (χ3v) is 11.4. The first kappa shape index (κ1) is 39.7. The van der Waals surface area contributed by atoms with E-state index in [1.165, 1.54) is 6.07 Å². The van der Waals surface area contributed by atoms with Crippen LogP contribution in [0.15, 0.2) is 85.5 Å². The van der Waals surface area contributed by atoms with Crippen LogP contribution in [-0.4, -0.2) is 96.3 Å². The number of urea groups is 1. The molecule has 0 atom stereocenters. The van der Waals surface area contributed by atoms with Crippen molar-refractivity contribution in [2.24, 2.45) is 5.92 Å². The van der Waals surface area contributed by atoms with Gasteiger partial charge >= 0.3 is 12.2 Å². The molecule has 1 N–H and O–H groups in total. The summed E-state index contributed by atoms with van der Waals surface area (Å²) >= 11 is 5.66. The predicted molar refractivity (Wildman–Crippen MR) is 216 cm³/mol. The molecule has 7 rings (SSSR count). The molecule has 0 saturated carbocycles. The molecule has 298 valence electrons. The number of hydrogen-bond donors (Lipinski definition) is 1. The van der Waals surface area contributed by atoms with E-state index in [1.807, 2.05) is 12.3 Å². The number of amides is 3. The highest BCUT2D eigenvalue weighted by Crippen LogP contribution is 2.40. The molecule has 0 bridgehead atoms. The smallest absolute Gasteiger partial charge is 0.417 e. The van der Waals surface area contributed by atoms with E-state index in [0.29, 0.717) is 29.7 Å². The summed E-state index contributed by atoms with van der Waals surface area (Å²) < 4.78 is 47.2. The maximum Gasteiger partial charge on any atom is 0.417 e. The number of ether oxygens (including phenoxy) is 1. The number of piperazine rings is 1. The van der Waals surface area contributed by atoms with Crippen molar-refractivity contribution in [2.45, 2.75) is 38.4 Å². The van der Waals surface area contributed by atoms with Crippen LogP contribution in [0.2, 0.25) is 0 Å². The zero-order valence-corrected chi connectivity index (χ0v) is 32.7. The van der Waals surface area contributed by atoms with E-state index in [1.54, 1.807) is 72.5 Å². The Balaban J connectivity index is 0.852. The lowest BCUT2D eigenvalue weighted by Crippen LogP contribution is -2.49.